The number of hydrogen-bond acceptors (Lipinski definition) is 1. The topological polar surface area (TPSA) is 17.1 Å². The Hall–Kier alpha value is -1.11. The summed E-state index contributed by atoms with van der Waals surface area (Å²) in [5, 5.41) is 0. The van der Waals surface area contributed by atoms with Gasteiger partial charge in [0, 0.05) is 0 Å². The van der Waals surface area contributed by atoms with E-state index in [0.29, 0.717) is 5.92 Å². The molecular formula is C14H18O. The Balaban J connectivity index is 2.10. The van der Waals surface area contributed by atoms with Crippen molar-refractivity contribution in [3.05, 3.63) is 35.9 Å². The molecule has 1 heteroatoms. The van der Waals surface area contributed by atoms with E-state index in [1.807, 2.05) is 18.2 Å². The van der Waals surface area contributed by atoms with Gasteiger partial charge in [-0.25, -0.2) is 0 Å². The molecule has 1 saturated carbocycles. The van der Waals surface area contributed by atoms with E-state index in [1.54, 1.807) is 0 Å². The molecule has 0 aliphatic heterocycles. The molecule has 0 unspecified atom stereocenters. The molecule has 0 N–H and O–H groups in total. The summed E-state index contributed by atoms with van der Waals surface area (Å²) in [5.74, 6) is 0.595. The zero-order chi connectivity index (χ0) is 10.7. The van der Waals surface area contributed by atoms with Gasteiger partial charge in [-0.3, -0.25) is 0 Å². The van der Waals surface area contributed by atoms with Gasteiger partial charge in [0.15, 0.2) is 0 Å². The first kappa shape index (κ1) is 10.4. The molecule has 80 valence electrons. The second-order valence-electron chi connectivity index (χ2n) is 4.57. The summed E-state index contributed by atoms with van der Waals surface area (Å²) in [5.41, 5.74) is 1.08. The molecule has 1 aromatic rings. The van der Waals surface area contributed by atoms with Crippen molar-refractivity contribution in [1.29, 1.82) is 0 Å². The van der Waals surface area contributed by atoms with Crippen LogP contribution >= 0.6 is 0 Å². The molecule has 0 radical (unpaired) electrons. The average molecular weight is 202 g/mol. The Labute approximate surface area is 91.5 Å². The lowest BCUT2D eigenvalue weighted by Crippen LogP contribution is -2.11. The zero-order valence-electron chi connectivity index (χ0n) is 9.28. The second-order valence-corrected chi connectivity index (χ2v) is 4.57. The Bertz CT molecular complexity index is 330. The maximum absolute atomic E-state index is 11.3. The van der Waals surface area contributed by atoms with E-state index in [0.717, 1.165) is 6.42 Å². The highest BCUT2D eigenvalue weighted by atomic mass is 16.1. The minimum atomic E-state index is -0.129. The third kappa shape index (κ3) is 1.83. The second kappa shape index (κ2) is 4.18. The number of hydrogen-bond donors (Lipinski definition) is 0. The summed E-state index contributed by atoms with van der Waals surface area (Å²) >= 11 is 0. The fourth-order valence-electron chi connectivity index (χ4n) is 2.47. The van der Waals surface area contributed by atoms with Crippen LogP contribution in [0.2, 0.25) is 0 Å². The van der Waals surface area contributed by atoms with Crippen molar-refractivity contribution in [1.82, 2.24) is 0 Å². The lowest BCUT2D eigenvalue weighted by atomic mass is 9.93. The monoisotopic (exact) mass is 202 g/mol. The largest absolute Gasteiger partial charge is 0.302 e. The van der Waals surface area contributed by atoms with E-state index in [-0.39, 0.29) is 5.41 Å². The number of unbranched alkanes of at least 4 members (excludes halogenated alkanes) is 1. The molecule has 0 bridgehead atoms. The Morgan fingerprint density at radius 1 is 1.40 bits per heavy atom. The normalized spacial score (nSPS) is 28.7. The van der Waals surface area contributed by atoms with Crippen LogP contribution in [0.5, 0.6) is 0 Å². The molecule has 1 aliphatic carbocycles. The summed E-state index contributed by atoms with van der Waals surface area (Å²) in [6.07, 6.45) is 5.89. The third-order valence-corrected chi connectivity index (χ3v) is 3.58. The van der Waals surface area contributed by atoms with Crippen molar-refractivity contribution in [3.8, 4) is 0 Å². The molecule has 0 aromatic heterocycles. The van der Waals surface area contributed by atoms with Crippen molar-refractivity contribution < 1.29 is 4.79 Å². The van der Waals surface area contributed by atoms with Gasteiger partial charge in [-0.1, -0.05) is 50.1 Å². The lowest BCUT2D eigenvalue weighted by molar-refractivity contribution is -0.110. The summed E-state index contributed by atoms with van der Waals surface area (Å²) in [4.78, 5) is 11.3. The van der Waals surface area contributed by atoms with Crippen molar-refractivity contribution in [2.24, 2.45) is 5.92 Å². The van der Waals surface area contributed by atoms with Crippen LogP contribution in [-0.4, -0.2) is 6.29 Å². The van der Waals surface area contributed by atoms with Gasteiger partial charge in [-0.15, -0.1) is 0 Å². The molecule has 1 fully saturated rings. The van der Waals surface area contributed by atoms with Gasteiger partial charge < -0.3 is 4.79 Å². The minimum absolute atomic E-state index is 0.129. The highest BCUT2D eigenvalue weighted by molar-refractivity contribution is 5.74. The number of rotatable bonds is 5. The van der Waals surface area contributed by atoms with Gasteiger partial charge in [0.1, 0.15) is 6.29 Å². The Morgan fingerprint density at radius 3 is 2.73 bits per heavy atom. The van der Waals surface area contributed by atoms with Gasteiger partial charge in [-0.05, 0) is 24.3 Å². The van der Waals surface area contributed by atoms with E-state index in [2.05, 4.69) is 19.1 Å². The molecule has 0 spiro atoms. The SMILES string of the molecule is CCCC[C@H]1C[C@@]1(C=O)c1ccccc1. The van der Waals surface area contributed by atoms with Crippen molar-refractivity contribution in [2.45, 2.75) is 38.0 Å². The van der Waals surface area contributed by atoms with E-state index in [4.69, 9.17) is 0 Å². The van der Waals surface area contributed by atoms with Gasteiger partial charge >= 0.3 is 0 Å². The molecule has 2 atom stereocenters. The van der Waals surface area contributed by atoms with Crippen LogP contribution in [0.25, 0.3) is 0 Å². The first-order valence-electron chi connectivity index (χ1n) is 5.85. The number of benzene rings is 1. The quantitative estimate of drug-likeness (QED) is 0.669. The molecule has 2 rings (SSSR count). The maximum Gasteiger partial charge on any atom is 0.130 e. The van der Waals surface area contributed by atoms with Crippen LogP contribution in [0.4, 0.5) is 0 Å². The summed E-state index contributed by atoms with van der Waals surface area (Å²) in [6.45, 7) is 2.20. The first-order valence-corrected chi connectivity index (χ1v) is 5.85. The van der Waals surface area contributed by atoms with Crippen molar-refractivity contribution in [3.63, 3.8) is 0 Å². The fourth-order valence-corrected chi connectivity index (χ4v) is 2.47. The molecule has 0 saturated heterocycles. The zero-order valence-corrected chi connectivity index (χ0v) is 9.28. The number of carbonyl (C=O) groups is 1. The van der Waals surface area contributed by atoms with Crippen molar-refractivity contribution >= 4 is 6.29 Å². The van der Waals surface area contributed by atoms with Crippen LogP contribution in [0.3, 0.4) is 0 Å². The standard InChI is InChI=1S/C14H18O/c1-2-3-7-13-10-14(13,11-15)12-8-5-4-6-9-12/h4-6,8-9,11,13H,2-3,7,10H2,1H3/t13-,14+/m0/s1. The van der Waals surface area contributed by atoms with E-state index >= 15 is 0 Å². The van der Waals surface area contributed by atoms with E-state index in [9.17, 15) is 4.79 Å². The Morgan fingerprint density at radius 2 is 2.13 bits per heavy atom. The van der Waals surface area contributed by atoms with Crippen molar-refractivity contribution in [2.75, 3.05) is 0 Å². The van der Waals surface area contributed by atoms with Gasteiger partial charge in [0.2, 0.25) is 0 Å². The summed E-state index contributed by atoms with van der Waals surface area (Å²) in [7, 11) is 0. The average Bonchev–Trinajstić information content (AvgIpc) is 3.03. The molecule has 0 heterocycles. The van der Waals surface area contributed by atoms with Gasteiger partial charge in [0.25, 0.3) is 0 Å². The predicted molar refractivity (Wildman–Crippen MR) is 61.8 cm³/mol. The number of aldehydes is 1. The van der Waals surface area contributed by atoms with Gasteiger partial charge in [0.05, 0.1) is 5.41 Å². The minimum Gasteiger partial charge on any atom is -0.302 e. The fraction of sp³-hybridized carbons (Fsp3) is 0.500. The molecule has 0 amide bonds. The smallest absolute Gasteiger partial charge is 0.130 e. The Kier molecular flexibility index (Phi) is 2.90. The maximum atomic E-state index is 11.3. The van der Waals surface area contributed by atoms with Gasteiger partial charge in [-0.2, -0.15) is 0 Å². The summed E-state index contributed by atoms with van der Waals surface area (Å²) < 4.78 is 0. The highest BCUT2D eigenvalue weighted by Crippen LogP contribution is 2.55. The van der Waals surface area contributed by atoms with E-state index in [1.165, 1.54) is 31.1 Å². The molecular weight excluding hydrogens is 184 g/mol. The summed E-state index contributed by atoms with van der Waals surface area (Å²) in [6, 6.07) is 10.2. The molecule has 1 nitrogen and oxygen atoms in total. The molecule has 1 aliphatic rings. The third-order valence-electron chi connectivity index (χ3n) is 3.58. The van der Waals surface area contributed by atoms with Crippen LogP contribution < -0.4 is 0 Å². The lowest BCUT2D eigenvalue weighted by Gasteiger charge is -2.09. The van der Waals surface area contributed by atoms with Crippen LogP contribution in [0.1, 0.15) is 38.2 Å². The molecule has 15 heavy (non-hydrogen) atoms. The van der Waals surface area contributed by atoms with Crippen LogP contribution in [0, 0.1) is 5.92 Å². The highest BCUT2D eigenvalue weighted by Gasteiger charge is 2.54. The predicted octanol–water partition coefficient (Wildman–Crippen LogP) is 3.33. The van der Waals surface area contributed by atoms with Crippen LogP contribution in [0.15, 0.2) is 30.3 Å². The molecule has 1 aromatic carbocycles. The number of carbonyl (C=O) groups excluding carboxylic acids is 1. The van der Waals surface area contributed by atoms with Crippen LogP contribution in [-0.2, 0) is 10.2 Å². The first-order chi connectivity index (χ1) is 7.33. The van der Waals surface area contributed by atoms with E-state index < -0.39 is 0 Å².